The Morgan fingerprint density at radius 2 is 1.96 bits per heavy atom. The number of likely N-dealkylation sites (tertiary alicyclic amines) is 1. The predicted octanol–water partition coefficient (Wildman–Crippen LogP) is 2.62. The number of β-amino-alcohol motifs (C(OH)–C–C–N with tert-alkyl or cyclic N) is 1. The van der Waals surface area contributed by atoms with Crippen LogP contribution in [-0.2, 0) is 17.4 Å². The van der Waals surface area contributed by atoms with Gasteiger partial charge in [-0.05, 0) is 30.5 Å². The molecule has 0 saturated carbocycles. The molecule has 1 saturated heterocycles. The quantitative estimate of drug-likeness (QED) is 0.850. The molecule has 2 atom stereocenters. The van der Waals surface area contributed by atoms with Crippen molar-refractivity contribution in [2.24, 2.45) is 5.41 Å². The van der Waals surface area contributed by atoms with Crippen molar-refractivity contribution in [1.29, 1.82) is 0 Å². The summed E-state index contributed by atoms with van der Waals surface area (Å²) in [4.78, 5) is 13.9. The van der Waals surface area contributed by atoms with Crippen LogP contribution in [0.25, 0.3) is 0 Å². The lowest BCUT2D eigenvalue weighted by atomic mass is 9.73. The summed E-state index contributed by atoms with van der Waals surface area (Å²) >= 11 is 0. The lowest BCUT2D eigenvalue weighted by Crippen LogP contribution is -2.54. The Bertz CT molecular complexity index is 588. The summed E-state index contributed by atoms with van der Waals surface area (Å²) in [6.07, 6.45) is -3.18. The van der Waals surface area contributed by atoms with Crippen LogP contribution in [0.3, 0.4) is 0 Å². The number of amides is 1. The first-order chi connectivity index (χ1) is 11.7. The Morgan fingerprint density at radius 1 is 1.32 bits per heavy atom. The van der Waals surface area contributed by atoms with Crippen molar-refractivity contribution >= 4 is 5.91 Å². The molecule has 2 rings (SSSR count). The fourth-order valence-corrected chi connectivity index (χ4v) is 3.40. The van der Waals surface area contributed by atoms with Crippen LogP contribution in [0.4, 0.5) is 13.2 Å². The van der Waals surface area contributed by atoms with Gasteiger partial charge in [0.25, 0.3) is 0 Å². The minimum Gasteiger partial charge on any atom is -0.396 e. The molecule has 1 aromatic rings. The van der Waals surface area contributed by atoms with Crippen molar-refractivity contribution < 1.29 is 28.2 Å². The van der Waals surface area contributed by atoms with E-state index in [1.807, 2.05) is 6.92 Å². The van der Waals surface area contributed by atoms with Crippen molar-refractivity contribution in [3.05, 3.63) is 35.4 Å². The number of alkyl halides is 3. The largest absolute Gasteiger partial charge is 0.416 e. The number of carbonyl (C=O) groups excluding carboxylic acids is 1. The number of carbonyl (C=O) groups is 1. The number of benzene rings is 1. The highest BCUT2D eigenvalue weighted by Crippen LogP contribution is 2.36. The van der Waals surface area contributed by atoms with E-state index in [0.29, 0.717) is 24.9 Å². The van der Waals surface area contributed by atoms with Crippen LogP contribution in [0, 0.1) is 5.41 Å². The van der Waals surface area contributed by atoms with Crippen molar-refractivity contribution in [1.82, 2.24) is 4.90 Å². The number of rotatable bonds is 5. The number of nitrogens with zero attached hydrogens (tertiary/aromatic N) is 1. The summed E-state index contributed by atoms with van der Waals surface area (Å²) < 4.78 is 37.7. The van der Waals surface area contributed by atoms with E-state index in [9.17, 15) is 28.2 Å². The Kier molecular flexibility index (Phi) is 6.11. The van der Waals surface area contributed by atoms with Gasteiger partial charge in [0.05, 0.1) is 24.7 Å². The molecule has 1 amide bonds. The van der Waals surface area contributed by atoms with Gasteiger partial charge in [-0.15, -0.1) is 0 Å². The van der Waals surface area contributed by atoms with Gasteiger partial charge in [0.1, 0.15) is 0 Å². The van der Waals surface area contributed by atoms with Gasteiger partial charge in [-0.25, -0.2) is 0 Å². The maximum Gasteiger partial charge on any atom is 0.416 e. The molecule has 0 radical (unpaired) electrons. The van der Waals surface area contributed by atoms with E-state index in [1.165, 1.54) is 17.0 Å². The summed E-state index contributed by atoms with van der Waals surface area (Å²) in [7, 11) is 0. The zero-order valence-electron chi connectivity index (χ0n) is 14.2. The molecule has 0 bridgehead atoms. The van der Waals surface area contributed by atoms with Gasteiger partial charge >= 0.3 is 6.18 Å². The molecule has 2 N–H and O–H groups in total. The fraction of sp³-hybridized carbons (Fsp3) is 0.611. The molecule has 1 heterocycles. The van der Waals surface area contributed by atoms with Crippen LogP contribution >= 0.6 is 0 Å². The second-order valence-corrected chi connectivity index (χ2v) is 6.75. The fourth-order valence-electron chi connectivity index (χ4n) is 3.40. The molecule has 1 aliphatic rings. The molecule has 140 valence electrons. The lowest BCUT2D eigenvalue weighted by molar-refractivity contribution is -0.141. The number of aliphatic hydroxyl groups excluding tert-OH is 2. The van der Waals surface area contributed by atoms with E-state index >= 15 is 0 Å². The summed E-state index contributed by atoms with van der Waals surface area (Å²) in [5.74, 6) is -0.234. The maximum atomic E-state index is 12.6. The lowest BCUT2D eigenvalue weighted by Gasteiger charge is -2.44. The average Bonchev–Trinajstić information content (AvgIpc) is 2.56. The maximum absolute atomic E-state index is 12.6. The van der Waals surface area contributed by atoms with Gasteiger partial charge in [0, 0.05) is 18.5 Å². The van der Waals surface area contributed by atoms with Gasteiger partial charge in [-0.1, -0.05) is 25.5 Å². The molecule has 1 aromatic carbocycles. The van der Waals surface area contributed by atoms with Crippen molar-refractivity contribution in [2.75, 3.05) is 19.7 Å². The number of halogens is 3. The molecule has 1 aliphatic heterocycles. The normalized spacial score (nSPS) is 24.4. The van der Waals surface area contributed by atoms with Crippen molar-refractivity contribution in [2.45, 2.75) is 44.9 Å². The minimum atomic E-state index is -4.40. The third-order valence-electron chi connectivity index (χ3n) is 5.03. The first-order valence-electron chi connectivity index (χ1n) is 8.44. The zero-order chi connectivity index (χ0) is 18.7. The highest BCUT2D eigenvalue weighted by molar-refractivity contribution is 5.79. The predicted molar refractivity (Wildman–Crippen MR) is 86.8 cm³/mol. The van der Waals surface area contributed by atoms with Crippen molar-refractivity contribution in [3.8, 4) is 0 Å². The van der Waals surface area contributed by atoms with E-state index in [-0.39, 0.29) is 25.5 Å². The number of hydrogen-bond acceptors (Lipinski definition) is 3. The third kappa shape index (κ3) is 4.52. The molecular formula is C18H24F3NO3. The van der Waals surface area contributed by atoms with Crippen molar-refractivity contribution in [3.63, 3.8) is 0 Å². The number of aliphatic hydroxyl groups is 2. The van der Waals surface area contributed by atoms with Crippen LogP contribution in [0.5, 0.6) is 0 Å². The second kappa shape index (κ2) is 7.74. The molecule has 0 aromatic heterocycles. The summed E-state index contributed by atoms with van der Waals surface area (Å²) in [5, 5.41) is 20.0. The first kappa shape index (κ1) is 19.7. The Balaban J connectivity index is 1.98. The van der Waals surface area contributed by atoms with E-state index in [0.717, 1.165) is 18.6 Å². The Morgan fingerprint density at radius 3 is 2.44 bits per heavy atom. The van der Waals surface area contributed by atoms with E-state index in [4.69, 9.17) is 0 Å². The second-order valence-electron chi connectivity index (χ2n) is 6.75. The highest BCUT2D eigenvalue weighted by Gasteiger charge is 2.42. The van der Waals surface area contributed by atoms with E-state index in [1.54, 1.807) is 0 Å². The molecule has 4 nitrogen and oxygen atoms in total. The first-order valence-corrected chi connectivity index (χ1v) is 8.44. The molecular weight excluding hydrogens is 335 g/mol. The molecule has 0 aliphatic carbocycles. The highest BCUT2D eigenvalue weighted by atomic mass is 19.4. The summed E-state index contributed by atoms with van der Waals surface area (Å²) in [6, 6.07) is 4.53. The molecule has 0 unspecified atom stereocenters. The molecule has 7 heteroatoms. The van der Waals surface area contributed by atoms with E-state index in [2.05, 4.69) is 0 Å². The van der Waals surface area contributed by atoms with Crippen LogP contribution in [0.1, 0.15) is 37.3 Å². The molecule has 0 spiro atoms. The van der Waals surface area contributed by atoms with Gasteiger partial charge in [0.2, 0.25) is 5.91 Å². The zero-order valence-corrected chi connectivity index (χ0v) is 14.2. The van der Waals surface area contributed by atoms with Gasteiger partial charge < -0.3 is 15.1 Å². The Labute approximate surface area is 145 Å². The van der Waals surface area contributed by atoms with Gasteiger partial charge in [0.15, 0.2) is 0 Å². The van der Waals surface area contributed by atoms with Crippen LogP contribution in [-0.4, -0.2) is 46.8 Å². The van der Waals surface area contributed by atoms with Crippen LogP contribution < -0.4 is 0 Å². The average molecular weight is 359 g/mol. The molecule has 25 heavy (non-hydrogen) atoms. The number of piperidine rings is 1. The SMILES string of the molecule is CCC[C@]1(CO)CCN(C(=O)Cc2ccc(C(F)(F)F)cc2)C[C@H]1O. The van der Waals surface area contributed by atoms with Crippen LogP contribution in [0.15, 0.2) is 24.3 Å². The minimum absolute atomic E-state index is 0.00917. The monoisotopic (exact) mass is 359 g/mol. The topological polar surface area (TPSA) is 60.8 Å². The van der Waals surface area contributed by atoms with Gasteiger partial charge in [-0.2, -0.15) is 13.2 Å². The van der Waals surface area contributed by atoms with E-state index < -0.39 is 23.3 Å². The molecule has 1 fully saturated rings. The smallest absolute Gasteiger partial charge is 0.396 e. The number of hydrogen-bond donors (Lipinski definition) is 2. The Hall–Kier alpha value is -1.60. The standard InChI is InChI=1S/C18H24F3NO3/c1-2-7-17(12-23)8-9-22(11-15(17)24)16(25)10-13-3-5-14(6-4-13)18(19,20)21/h3-6,15,23-24H,2,7-12H2,1H3/t15-,17-/m1/s1. The third-order valence-corrected chi connectivity index (χ3v) is 5.03. The summed E-state index contributed by atoms with van der Waals surface area (Å²) in [6.45, 7) is 2.42. The van der Waals surface area contributed by atoms with Gasteiger partial charge in [-0.3, -0.25) is 4.79 Å². The summed E-state index contributed by atoms with van der Waals surface area (Å²) in [5.41, 5.74) is -0.815. The van der Waals surface area contributed by atoms with Crippen LogP contribution in [0.2, 0.25) is 0 Å².